The van der Waals surface area contributed by atoms with Crippen molar-refractivity contribution < 1.29 is 87.5 Å². The van der Waals surface area contributed by atoms with Gasteiger partial charge >= 0.3 is 24.0 Å². The molecule has 3 fully saturated rings. The number of amides is 1. The van der Waals surface area contributed by atoms with Crippen LogP contribution in [0.25, 0.3) is 66.9 Å². The minimum absolute atomic E-state index is 0.0188. The average Bonchev–Trinajstić information content (AvgIpc) is 0.758. The summed E-state index contributed by atoms with van der Waals surface area (Å²) in [5.74, 6) is -4.93. The molecular weight excluding hydrogens is 1520 g/mol. The predicted octanol–water partition coefficient (Wildman–Crippen LogP) is 13.9. The van der Waals surface area contributed by atoms with Gasteiger partial charge in [-0.1, -0.05) is 120 Å². The number of likely N-dealkylation sites (tertiary alicyclic amines) is 3. The Balaban J connectivity index is 0.000000179. The second kappa shape index (κ2) is 36.9. The third-order valence-corrected chi connectivity index (χ3v) is 21.3. The van der Waals surface area contributed by atoms with Crippen LogP contribution in [0.5, 0.6) is 34.5 Å². The first-order valence-corrected chi connectivity index (χ1v) is 38.2. The lowest BCUT2D eigenvalue weighted by molar-refractivity contribution is -0.158. The minimum atomic E-state index is -1.06. The van der Waals surface area contributed by atoms with Gasteiger partial charge in [0.1, 0.15) is 115 Å². The number of piperidine rings is 3. The zero-order chi connectivity index (χ0) is 83.1. The topological polar surface area (TPSA) is 396 Å². The average molecular weight is 1620 g/mol. The zero-order valence-corrected chi connectivity index (χ0v) is 67.4. The Kier molecular flexibility index (Phi) is 28.5. The lowest BCUT2D eigenvalue weighted by Crippen LogP contribution is -2.46. The number of carboxylic acid groups (broad SMARTS) is 1. The number of rotatable bonds is 15. The molecule has 0 bridgehead atoms. The zero-order valence-electron chi connectivity index (χ0n) is 65.1. The summed E-state index contributed by atoms with van der Waals surface area (Å²) in [6.07, 6.45) is -1.04. The molecule has 9 aromatic rings. The van der Waals surface area contributed by atoms with Gasteiger partial charge in [-0.3, -0.25) is 24.0 Å². The van der Waals surface area contributed by atoms with Crippen molar-refractivity contribution in [1.29, 1.82) is 0 Å². The Labute approximate surface area is 667 Å². The molecule has 11 N–H and O–H groups in total. The van der Waals surface area contributed by atoms with Crippen molar-refractivity contribution in [2.24, 2.45) is 29.4 Å². The summed E-state index contributed by atoms with van der Waals surface area (Å²) in [6, 6.07) is 26.3. The number of alkyl carbamates (subject to hydrolysis) is 1. The van der Waals surface area contributed by atoms with E-state index in [2.05, 4.69) is 10.2 Å². The molecule has 113 heavy (non-hydrogen) atoms. The normalized spacial score (nSPS) is 19.1. The molecule has 3 saturated heterocycles. The number of hydrogen-bond donors (Lipinski definition) is 10. The summed E-state index contributed by atoms with van der Waals surface area (Å²) >= 11 is 18.9. The highest BCUT2D eigenvalue weighted by Crippen LogP contribution is 2.48. The molecule has 606 valence electrons. The number of carboxylic acids is 1. The fourth-order valence-corrected chi connectivity index (χ4v) is 14.6. The lowest BCUT2D eigenvalue weighted by atomic mass is 9.85. The molecule has 26 nitrogen and oxygen atoms in total. The van der Waals surface area contributed by atoms with E-state index in [1.54, 1.807) is 107 Å². The van der Waals surface area contributed by atoms with Crippen molar-refractivity contribution in [2.75, 3.05) is 60.4 Å². The van der Waals surface area contributed by atoms with Gasteiger partial charge in [-0.15, -0.1) is 0 Å². The van der Waals surface area contributed by atoms with Gasteiger partial charge in [-0.25, -0.2) is 9.59 Å². The van der Waals surface area contributed by atoms with Crippen LogP contribution in [-0.2, 0) is 28.6 Å². The number of nitrogens with two attached hydrogens (primary N) is 1. The van der Waals surface area contributed by atoms with Gasteiger partial charge in [-0.2, -0.15) is 0 Å². The Bertz CT molecular complexity index is 4970. The fraction of sp³-hybridized carbons (Fsp3) is 0.417. The van der Waals surface area contributed by atoms with Gasteiger partial charge in [0.15, 0.2) is 16.3 Å². The van der Waals surface area contributed by atoms with Gasteiger partial charge in [0, 0.05) is 107 Å². The van der Waals surface area contributed by atoms with Gasteiger partial charge in [0.05, 0.1) is 27.1 Å². The molecule has 1 amide bonds. The summed E-state index contributed by atoms with van der Waals surface area (Å²) in [7, 11) is 5.75. The SMILES string of the molecule is CC(C)[C@H](C)C(=O)O[C@@H]1CN(C)CC[C@@H]1c1c(O)cc(O)c2c(=O)cc(-c3ccccc3Cl)oc12.CC(C)[C@H](N)C(=O)O[C@@H]1CN(C)CC[C@@H]1c1c(O)cc(O)c2c(=O)cc(-c3ccccc3Cl)oc12.CC(C)[C@H](NC(=O)OC(C)(C)C)C(=O)O.CN1CC[C@H](c2c(O)cc(O)c3c(=O)cc(-c4ccccc4Cl)oc23)[C@H](O)C1. The third kappa shape index (κ3) is 20.6. The number of aliphatic hydroxyl groups is 1. The van der Waals surface area contributed by atoms with Crippen LogP contribution in [-0.4, -0.2) is 176 Å². The van der Waals surface area contributed by atoms with E-state index in [0.29, 0.717) is 100 Å². The van der Waals surface area contributed by atoms with Crippen molar-refractivity contribution in [2.45, 2.75) is 142 Å². The van der Waals surface area contributed by atoms with E-state index in [1.165, 1.54) is 18.2 Å². The van der Waals surface area contributed by atoms with Crippen LogP contribution in [0, 0.1) is 23.7 Å². The van der Waals surface area contributed by atoms with Crippen LogP contribution in [0.1, 0.15) is 123 Å². The number of likely N-dealkylation sites (N-methyl/N-ethyl adjacent to an activating group) is 3. The number of phenolic OH excluding ortho intramolecular Hbond substituents is 6. The number of phenols is 6. The summed E-state index contributed by atoms with van der Waals surface area (Å²) in [5, 5.41) is 86.5. The van der Waals surface area contributed by atoms with Crippen LogP contribution >= 0.6 is 34.8 Å². The molecule has 3 aromatic heterocycles. The van der Waals surface area contributed by atoms with Crippen LogP contribution in [0.3, 0.4) is 0 Å². The largest absolute Gasteiger partial charge is 0.507 e. The third-order valence-electron chi connectivity index (χ3n) is 20.3. The molecule has 0 spiro atoms. The summed E-state index contributed by atoms with van der Waals surface area (Å²) in [4.78, 5) is 92.6. The number of aromatic hydroxyl groups is 6. The van der Waals surface area contributed by atoms with Gasteiger partial charge in [0.25, 0.3) is 0 Å². The molecule has 29 heteroatoms. The van der Waals surface area contributed by atoms with Crippen LogP contribution in [0.15, 0.2) is 137 Å². The highest BCUT2D eigenvalue weighted by atomic mass is 35.5. The second-order valence-corrected chi connectivity index (χ2v) is 32.2. The van der Waals surface area contributed by atoms with Gasteiger partial charge < -0.3 is 94.1 Å². The maximum Gasteiger partial charge on any atom is 0.408 e. The maximum absolute atomic E-state index is 13.1. The van der Waals surface area contributed by atoms with Gasteiger partial charge in [0.2, 0.25) is 0 Å². The molecule has 3 aliphatic heterocycles. The Morgan fingerprint density at radius 1 is 0.496 bits per heavy atom. The molecule has 0 radical (unpaired) electrons. The summed E-state index contributed by atoms with van der Waals surface area (Å²) in [5.41, 5.74) is 6.69. The molecule has 0 saturated carbocycles. The van der Waals surface area contributed by atoms with E-state index < -0.39 is 93.8 Å². The van der Waals surface area contributed by atoms with E-state index in [0.717, 1.165) is 24.7 Å². The quantitative estimate of drug-likeness (QED) is 0.0337. The summed E-state index contributed by atoms with van der Waals surface area (Å²) < 4.78 is 35.0. The highest BCUT2D eigenvalue weighted by molar-refractivity contribution is 6.34. The van der Waals surface area contributed by atoms with Crippen LogP contribution < -0.4 is 27.3 Å². The number of hydrogen-bond acceptors (Lipinski definition) is 24. The molecule has 12 rings (SSSR count). The maximum atomic E-state index is 13.1. The number of aliphatic hydroxyl groups excluding tert-OH is 1. The number of esters is 2. The van der Waals surface area contributed by atoms with Crippen molar-refractivity contribution in [3.05, 3.63) is 172 Å². The number of ether oxygens (including phenoxy) is 3. The smallest absolute Gasteiger partial charge is 0.408 e. The number of aliphatic carboxylic acids is 1. The number of β-amino-alcohol motifs (C(OH)–C–C–N with tert-alkyl or cyclic N) is 1. The molecule has 3 aliphatic rings. The molecular formula is C84H98Cl3N5O21. The monoisotopic (exact) mass is 1620 g/mol. The van der Waals surface area contributed by atoms with E-state index >= 15 is 0 Å². The molecule has 9 atom stereocenters. The van der Waals surface area contributed by atoms with Crippen molar-refractivity contribution in [3.8, 4) is 68.5 Å². The Hall–Kier alpha value is -9.90. The first-order valence-electron chi connectivity index (χ1n) is 37.1. The van der Waals surface area contributed by atoms with E-state index in [1.807, 2.05) is 65.6 Å². The summed E-state index contributed by atoms with van der Waals surface area (Å²) in [6.45, 7) is 21.4. The number of nitrogens with one attached hydrogen (secondary N) is 1. The first kappa shape index (κ1) is 87.1. The van der Waals surface area contributed by atoms with Gasteiger partial charge in [-0.05, 0) is 135 Å². The number of carbonyl (C=O) groups excluding carboxylic acids is 3. The Morgan fingerprint density at radius 2 is 0.832 bits per heavy atom. The van der Waals surface area contributed by atoms with E-state index in [-0.39, 0.29) is 109 Å². The fourth-order valence-electron chi connectivity index (χ4n) is 13.9. The number of carbonyl (C=O) groups is 4. The first-order chi connectivity index (χ1) is 53.2. The molecule has 6 aromatic carbocycles. The number of fused-ring (bicyclic) bond motifs is 3. The molecule has 0 aliphatic carbocycles. The van der Waals surface area contributed by atoms with E-state index in [9.17, 15) is 69.3 Å². The van der Waals surface area contributed by atoms with Crippen molar-refractivity contribution in [3.63, 3.8) is 0 Å². The predicted molar refractivity (Wildman–Crippen MR) is 432 cm³/mol. The number of halogens is 3. The van der Waals surface area contributed by atoms with E-state index in [4.69, 9.17) is 73.1 Å². The number of benzene rings is 6. The molecule has 6 heterocycles. The minimum Gasteiger partial charge on any atom is -0.507 e. The van der Waals surface area contributed by atoms with Crippen molar-refractivity contribution >= 4 is 91.7 Å². The van der Waals surface area contributed by atoms with Crippen LogP contribution in [0.4, 0.5) is 4.79 Å². The van der Waals surface area contributed by atoms with Crippen LogP contribution in [0.2, 0.25) is 15.1 Å². The van der Waals surface area contributed by atoms with Crippen molar-refractivity contribution in [1.82, 2.24) is 20.0 Å². The number of nitrogens with zero attached hydrogens (tertiary/aromatic N) is 3. The molecule has 0 unspecified atom stereocenters. The highest BCUT2D eigenvalue weighted by Gasteiger charge is 2.41. The second-order valence-electron chi connectivity index (χ2n) is 31.0. The lowest BCUT2D eigenvalue weighted by Gasteiger charge is -2.37. The standard InChI is InChI=1S/C27H30ClNO6.C26H29ClN2O6.C21H20ClNO5.C10H19NO4/c1-14(2)15(3)27(33)35-23-13-29(4)10-9-17(23)24-19(30)11-20(31)25-21(32)12-22(34-26(24)25)16-7-5-6-8-18(16)28;1-13(2)24(28)26(33)35-21-12-29(3)9-8-15(21)22-17(30)10-18(31)23-19(32)11-20(34-25(22)23)14-6-4-5-7-16(14)27;1-23-7-6-12(17(27)10-23)19-14(24)8-15(25)20-16(26)9-18(28-21(19)20)11-4-2-3-5-13(11)22;1-6(2)7(8(12)13)11-9(14)15-10(3,4)5/h5-8,11-12,14-15,17,23,30-31H,9-10,13H2,1-4H3;4-7,10-11,13,15,21,24,30-31H,8-9,12,28H2,1-3H3;2-5,8-9,12,17,24-25,27H,6-7,10H2,1H3;6-7H,1-5H3,(H,11,14)(H,12,13)/t15-,17-,23+;15-,21+,24-;12-,17+;7-/m0000/s1. The Morgan fingerprint density at radius 3 is 1.15 bits per heavy atom.